The summed E-state index contributed by atoms with van der Waals surface area (Å²) in [4.78, 5) is 28.9. The number of H-pyrrole nitrogens is 2. The van der Waals surface area contributed by atoms with Crippen LogP contribution in [-0.2, 0) is 6.18 Å². The summed E-state index contributed by atoms with van der Waals surface area (Å²) in [6.07, 6.45) is -4.49. The molecule has 0 radical (unpaired) electrons. The third-order valence-electron chi connectivity index (χ3n) is 4.79. The number of fused-ring (bicyclic) bond motifs is 1. The third kappa shape index (κ3) is 4.39. The van der Waals surface area contributed by atoms with Gasteiger partial charge in [-0.2, -0.15) is 13.2 Å². The summed E-state index contributed by atoms with van der Waals surface area (Å²) in [5.41, 5.74) is 0.474. The van der Waals surface area contributed by atoms with Gasteiger partial charge in [-0.15, -0.1) is 0 Å². The van der Waals surface area contributed by atoms with Crippen LogP contribution in [0.5, 0.6) is 0 Å². The first-order valence-corrected chi connectivity index (χ1v) is 10.5. The number of rotatable bonds is 4. The Bertz CT molecular complexity index is 1450. The third-order valence-corrected chi connectivity index (χ3v) is 6.10. The van der Waals surface area contributed by atoms with E-state index < -0.39 is 22.9 Å². The van der Waals surface area contributed by atoms with Crippen LogP contribution in [0.3, 0.4) is 0 Å². The molecule has 0 amide bonds. The van der Waals surface area contributed by atoms with Crippen LogP contribution in [0.1, 0.15) is 11.1 Å². The van der Waals surface area contributed by atoms with E-state index >= 15 is 0 Å². The largest absolute Gasteiger partial charge is 0.417 e. The highest BCUT2D eigenvalue weighted by molar-refractivity contribution is 8.00. The number of hydrogen-bond acceptors (Lipinski definition) is 4. The number of aromatic amines is 2. The van der Waals surface area contributed by atoms with Gasteiger partial charge in [-0.05, 0) is 60.3 Å². The second kappa shape index (κ2) is 8.40. The van der Waals surface area contributed by atoms with Crippen molar-refractivity contribution in [2.24, 2.45) is 0 Å². The van der Waals surface area contributed by atoms with E-state index in [1.165, 1.54) is 36.2 Å². The van der Waals surface area contributed by atoms with Gasteiger partial charge in [0.15, 0.2) is 0 Å². The molecule has 0 aliphatic rings. The molecule has 0 unspecified atom stereocenters. The van der Waals surface area contributed by atoms with Gasteiger partial charge in [0.25, 0.3) is 0 Å². The van der Waals surface area contributed by atoms with Crippen LogP contribution in [-0.4, -0.2) is 9.97 Å². The van der Waals surface area contributed by atoms with Crippen LogP contribution in [0.4, 0.5) is 18.9 Å². The Kier molecular flexibility index (Phi) is 5.79. The van der Waals surface area contributed by atoms with Gasteiger partial charge in [0.2, 0.25) is 0 Å². The molecule has 0 saturated carbocycles. The Morgan fingerprint density at radius 1 is 0.906 bits per heavy atom. The number of aryl methyl sites for hydroxylation is 1. The number of halogens is 4. The molecular weight excluding hydrogens is 463 g/mol. The molecule has 4 aromatic rings. The van der Waals surface area contributed by atoms with E-state index in [2.05, 4.69) is 14.7 Å². The smallest absolute Gasteiger partial charge is 0.326 e. The molecule has 0 aliphatic carbocycles. The minimum absolute atomic E-state index is 0.00697. The summed E-state index contributed by atoms with van der Waals surface area (Å²) < 4.78 is 43.1. The molecule has 32 heavy (non-hydrogen) atoms. The topological polar surface area (TPSA) is 77.8 Å². The van der Waals surface area contributed by atoms with Crippen molar-refractivity contribution in [1.29, 1.82) is 0 Å². The van der Waals surface area contributed by atoms with Crippen molar-refractivity contribution in [3.8, 4) is 11.1 Å². The van der Waals surface area contributed by atoms with E-state index in [1.54, 1.807) is 24.3 Å². The van der Waals surface area contributed by atoms with Crippen molar-refractivity contribution in [3.63, 3.8) is 0 Å². The van der Waals surface area contributed by atoms with E-state index in [-0.39, 0.29) is 16.1 Å². The first kappa shape index (κ1) is 22.0. The fraction of sp³-hybridized carbons (Fsp3) is 0.0909. The highest BCUT2D eigenvalue weighted by Gasteiger charge is 2.33. The first-order chi connectivity index (χ1) is 15.1. The zero-order valence-corrected chi connectivity index (χ0v) is 18.0. The maximum absolute atomic E-state index is 13.3. The van der Waals surface area contributed by atoms with E-state index in [1.807, 2.05) is 6.92 Å². The predicted molar refractivity (Wildman–Crippen MR) is 121 cm³/mol. The Hall–Kier alpha value is -3.17. The summed E-state index contributed by atoms with van der Waals surface area (Å²) in [5, 5.41) is 0.171. The van der Waals surface area contributed by atoms with Gasteiger partial charge in [0, 0.05) is 16.1 Å². The average Bonchev–Trinajstić information content (AvgIpc) is 2.73. The van der Waals surface area contributed by atoms with Gasteiger partial charge in [-0.1, -0.05) is 35.9 Å². The molecule has 0 fully saturated rings. The summed E-state index contributed by atoms with van der Waals surface area (Å²) in [6, 6.07) is 13.4. The van der Waals surface area contributed by atoms with Crippen molar-refractivity contribution in [2.45, 2.75) is 18.0 Å². The minimum Gasteiger partial charge on any atom is -0.326 e. The number of alkyl halides is 3. The summed E-state index contributed by atoms with van der Waals surface area (Å²) >= 11 is 7.56. The molecule has 0 atom stereocenters. The highest BCUT2D eigenvalue weighted by Crippen LogP contribution is 2.40. The summed E-state index contributed by atoms with van der Waals surface area (Å²) in [5.74, 6) is 0. The van der Waals surface area contributed by atoms with E-state index in [4.69, 9.17) is 11.6 Å². The Morgan fingerprint density at radius 2 is 1.56 bits per heavy atom. The molecule has 10 heteroatoms. The van der Waals surface area contributed by atoms with Gasteiger partial charge in [-0.25, -0.2) is 0 Å². The summed E-state index contributed by atoms with van der Waals surface area (Å²) in [7, 11) is 0. The quantitative estimate of drug-likeness (QED) is 0.249. The summed E-state index contributed by atoms with van der Waals surface area (Å²) in [6.45, 7) is 1.84. The Morgan fingerprint density at radius 3 is 2.22 bits per heavy atom. The van der Waals surface area contributed by atoms with Gasteiger partial charge >= 0.3 is 17.3 Å². The molecule has 1 aromatic heterocycles. The lowest BCUT2D eigenvalue weighted by Crippen LogP contribution is -2.28. The SMILES string of the molecule is Cc1cc2[nH]c(=O)c(=O)[nH]c2cc1SNc1ccc(-c2ccccc2C(F)(F)F)c(Cl)c1. The van der Waals surface area contributed by atoms with Gasteiger partial charge in [0.1, 0.15) is 0 Å². The van der Waals surface area contributed by atoms with E-state index in [0.717, 1.165) is 16.5 Å². The van der Waals surface area contributed by atoms with Crippen LogP contribution in [0, 0.1) is 6.92 Å². The number of anilines is 1. The molecule has 3 N–H and O–H groups in total. The minimum atomic E-state index is -4.49. The molecule has 1 heterocycles. The molecule has 3 aromatic carbocycles. The lowest BCUT2D eigenvalue weighted by molar-refractivity contribution is -0.137. The monoisotopic (exact) mass is 477 g/mol. The Balaban J connectivity index is 1.61. The highest BCUT2D eigenvalue weighted by atomic mass is 35.5. The molecule has 0 spiro atoms. The maximum Gasteiger partial charge on any atom is 0.417 e. The van der Waals surface area contributed by atoms with Crippen LogP contribution >= 0.6 is 23.5 Å². The lowest BCUT2D eigenvalue weighted by Gasteiger charge is -2.15. The number of nitrogens with one attached hydrogen (secondary N) is 3. The van der Waals surface area contributed by atoms with Gasteiger partial charge < -0.3 is 14.7 Å². The lowest BCUT2D eigenvalue weighted by atomic mass is 9.99. The molecular formula is C22H15ClF3N3O2S. The van der Waals surface area contributed by atoms with Crippen molar-refractivity contribution in [3.05, 3.63) is 91.5 Å². The second-order valence-corrected chi connectivity index (χ2v) is 8.27. The van der Waals surface area contributed by atoms with Crippen molar-refractivity contribution < 1.29 is 13.2 Å². The second-order valence-electron chi connectivity index (χ2n) is 7.01. The standard InChI is InChI=1S/C22H15ClF3N3O2S/c1-11-8-17-18(28-21(31)20(30)27-17)10-19(11)32-29-12-6-7-14(16(23)9-12)13-4-2-3-5-15(13)22(24,25)26/h2-10,29H,1H3,(H,27,30)(H,28,31). The van der Waals surface area contributed by atoms with E-state index in [0.29, 0.717) is 16.7 Å². The van der Waals surface area contributed by atoms with Crippen molar-refractivity contribution in [1.82, 2.24) is 9.97 Å². The number of benzene rings is 3. The fourth-order valence-electron chi connectivity index (χ4n) is 3.24. The van der Waals surface area contributed by atoms with Crippen molar-refractivity contribution >= 4 is 40.3 Å². The molecule has 164 valence electrons. The maximum atomic E-state index is 13.3. The average molecular weight is 478 g/mol. The zero-order chi connectivity index (χ0) is 23.0. The van der Waals surface area contributed by atoms with Crippen molar-refractivity contribution in [2.75, 3.05) is 4.72 Å². The number of aromatic nitrogens is 2. The van der Waals surface area contributed by atoms with Crippen LogP contribution in [0.25, 0.3) is 22.2 Å². The molecule has 5 nitrogen and oxygen atoms in total. The normalized spacial score (nSPS) is 11.7. The molecule has 0 bridgehead atoms. The first-order valence-electron chi connectivity index (χ1n) is 9.29. The fourth-order valence-corrected chi connectivity index (χ4v) is 4.27. The molecule has 4 rings (SSSR count). The molecule has 0 saturated heterocycles. The van der Waals surface area contributed by atoms with Crippen LogP contribution < -0.4 is 15.8 Å². The molecule has 0 aliphatic heterocycles. The van der Waals surface area contributed by atoms with Crippen LogP contribution in [0.15, 0.2) is 69.1 Å². The number of hydrogen-bond donors (Lipinski definition) is 3. The van der Waals surface area contributed by atoms with Crippen LogP contribution in [0.2, 0.25) is 5.02 Å². The van der Waals surface area contributed by atoms with Gasteiger partial charge in [0.05, 0.1) is 21.6 Å². The Labute approximate surface area is 188 Å². The van der Waals surface area contributed by atoms with E-state index in [9.17, 15) is 22.8 Å². The van der Waals surface area contributed by atoms with Gasteiger partial charge in [-0.3, -0.25) is 9.59 Å². The predicted octanol–water partition coefficient (Wildman–Crippen LogP) is 5.98. The zero-order valence-electron chi connectivity index (χ0n) is 16.4.